The van der Waals surface area contributed by atoms with Crippen LogP contribution in [0.1, 0.15) is 11.1 Å². The molecule has 9 N–H and O–H groups in total. The van der Waals surface area contributed by atoms with Gasteiger partial charge < -0.3 is 42.4 Å². The summed E-state index contributed by atoms with van der Waals surface area (Å²) in [5.41, 5.74) is 7.68. The monoisotopic (exact) mass is 579 g/mol. The number of carboxylic acid groups (broad SMARTS) is 1. The van der Waals surface area contributed by atoms with Gasteiger partial charge in [-0.3, -0.25) is 28.8 Å². The number of rotatable bonds is 15. The number of fused-ring (bicyclic) bond motifs is 1. The summed E-state index contributed by atoms with van der Waals surface area (Å²) in [5.74, 6) is -4.51. The van der Waals surface area contributed by atoms with Crippen LogP contribution in [0.3, 0.4) is 0 Å². The Kier molecular flexibility index (Phi) is 11.6. The fraction of sp³-hybridized carbons (Fsp3) is 0.286. The molecule has 42 heavy (non-hydrogen) atoms. The third-order valence-electron chi connectivity index (χ3n) is 6.15. The van der Waals surface area contributed by atoms with Crippen LogP contribution in [0.25, 0.3) is 10.9 Å². The van der Waals surface area contributed by atoms with Gasteiger partial charge in [-0.05, 0) is 17.2 Å². The Morgan fingerprint density at radius 3 is 2.00 bits per heavy atom. The van der Waals surface area contributed by atoms with Gasteiger partial charge in [-0.2, -0.15) is 0 Å². The zero-order chi connectivity index (χ0) is 30.5. The van der Waals surface area contributed by atoms with Crippen molar-refractivity contribution in [2.75, 3.05) is 26.2 Å². The van der Waals surface area contributed by atoms with E-state index in [9.17, 15) is 28.8 Å². The Balaban J connectivity index is 1.54. The first-order valence-corrected chi connectivity index (χ1v) is 13.1. The van der Waals surface area contributed by atoms with E-state index in [2.05, 4.69) is 31.6 Å². The molecule has 0 unspecified atom stereocenters. The van der Waals surface area contributed by atoms with E-state index in [1.165, 1.54) is 0 Å². The summed E-state index contributed by atoms with van der Waals surface area (Å²) in [6.45, 7) is -1.94. The predicted octanol–water partition coefficient (Wildman–Crippen LogP) is -1.69. The fourth-order valence-corrected chi connectivity index (χ4v) is 4.11. The molecule has 14 heteroatoms. The van der Waals surface area contributed by atoms with Crippen LogP contribution in [0.15, 0.2) is 60.8 Å². The van der Waals surface area contributed by atoms with Crippen LogP contribution in [-0.2, 0) is 41.6 Å². The van der Waals surface area contributed by atoms with Gasteiger partial charge in [-0.25, -0.2) is 0 Å². The molecular formula is C28H33N7O7. The molecule has 0 aliphatic rings. The van der Waals surface area contributed by atoms with Crippen LogP contribution in [-0.4, -0.2) is 83.9 Å². The molecule has 0 fully saturated rings. The highest BCUT2D eigenvalue weighted by Gasteiger charge is 2.24. The van der Waals surface area contributed by atoms with Crippen molar-refractivity contribution in [1.82, 2.24) is 31.6 Å². The van der Waals surface area contributed by atoms with Crippen LogP contribution >= 0.6 is 0 Å². The van der Waals surface area contributed by atoms with Gasteiger partial charge in [0.1, 0.15) is 18.6 Å². The highest BCUT2D eigenvalue weighted by molar-refractivity contribution is 5.94. The number of carboxylic acids is 1. The highest BCUT2D eigenvalue weighted by atomic mass is 16.4. The first kappa shape index (κ1) is 31.3. The Labute approximate surface area is 240 Å². The van der Waals surface area contributed by atoms with E-state index >= 15 is 0 Å². The molecular weight excluding hydrogens is 546 g/mol. The lowest BCUT2D eigenvalue weighted by Gasteiger charge is -2.19. The number of aliphatic carboxylic acids is 1. The van der Waals surface area contributed by atoms with Crippen LogP contribution in [0.2, 0.25) is 0 Å². The lowest BCUT2D eigenvalue weighted by molar-refractivity contribution is -0.138. The number of H-pyrrole nitrogens is 1. The molecule has 0 saturated carbocycles. The maximum absolute atomic E-state index is 12.7. The van der Waals surface area contributed by atoms with E-state index in [0.717, 1.165) is 22.0 Å². The minimum absolute atomic E-state index is 0.0581. The molecule has 0 radical (unpaired) electrons. The van der Waals surface area contributed by atoms with E-state index in [-0.39, 0.29) is 19.4 Å². The zero-order valence-electron chi connectivity index (χ0n) is 22.6. The van der Waals surface area contributed by atoms with Gasteiger partial charge in [0.25, 0.3) is 0 Å². The number of benzene rings is 2. The number of carbonyl (C=O) groups is 6. The molecule has 2 atom stereocenters. The molecule has 3 rings (SSSR count). The van der Waals surface area contributed by atoms with Crippen LogP contribution in [0, 0.1) is 0 Å². The number of nitrogens with two attached hydrogens (primary N) is 1. The Hall–Kier alpha value is -5.24. The first-order valence-electron chi connectivity index (χ1n) is 13.1. The zero-order valence-corrected chi connectivity index (χ0v) is 22.6. The average Bonchev–Trinajstić information content (AvgIpc) is 3.39. The van der Waals surface area contributed by atoms with Crippen molar-refractivity contribution in [3.63, 3.8) is 0 Å². The number of aromatic nitrogens is 1. The molecule has 2 aromatic carbocycles. The number of nitrogens with one attached hydrogen (secondary N) is 6. The van der Waals surface area contributed by atoms with Gasteiger partial charge >= 0.3 is 5.97 Å². The summed E-state index contributed by atoms with van der Waals surface area (Å²) < 4.78 is 0. The van der Waals surface area contributed by atoms with Crippen molar-refractivity contribution >= 4 is 46.4 Å². The summed E-state index contributed by atoms with van der Waals surface area (Å²) in [5, 5.41) is 21.8. The van der Waals surface area contributed by atoms with Crippen LogP contribution in [0.5, 0.6) is 0 Å². The van der Waals surface area contributed by atoms with Crippen LogP contribution in [0.4, 0.5) is 0 Å². The van der Waals surface area contributed by atoms with E-state index in [1.807, 2.05) is 30.3 Å². The van der Waals surface area contributed by atoms with Crippen molar-refractivity contribution in [2.45, 2.75) is 24.9 Å². The fourth-order valence-electron chi connectivity index (χ4n) is 4.11. The normalized spacial score (nSPS) is 12.0. The highest BCUT2D eigenvalue weighted by Crippen LogP contribution is 2.19. The molecule has 14 nitrogen and oxygen atoms in total. The maximum atomic E-state index is 12.7. The quantitative estimate of drug-likeness (QED) is 0.103. The topological polar surface area (TPSA) is 225 Å². The molecule has 1 heterocycles. The van der Waals surface area contributed by atoms with Gasteiger partial charge in [0, 0.05) is 29.9 Å². The summed E-state index contributed by atoms with van der Waals surface area (Å²) in [4.78, 5) is 76.2. The third-order valence-corrected chi connectivity index (χ3v) is 6.15. The van der Waals surface area contributed by atoms with Crippen molar-refractivity contribution in [1.29, 1.82) is 0 Å². The van der Waals surface area contributed by atoms with Gasteiger partial charge in [0.15, 0.2) is 0 Å². The predicted molar refractivity (Wildman–Crippen MR) is 152 cm³/mol. The summed E-state index contributed by atoms with van der Waals surface area (Å²) >= 11 is 0. The van der Waals surface area contributed by atoms with E-state index in [4.69, 9.17) is 10.8 Å². The molecule has 0 aliphatic carbocycles. The van der Waals surface area contributed by atoms with E-state index < -0.39 is 67.2 Å². The Morgan fingerprint density at radius 1 is 0.714 bits per heavy atom. The van der Waals surface area contributed by atoms with E-state index in [0.29, 0.717) is 0 Å². The second-order valence-corrected chi connectivity index (χ2v) is 9.30. The summed E-state index contributed by atoms with van der Waals surface area (Å²) in [6, 6.07) is 14.2. The number of aromatic amines is 1. The van der Waals surface area contributed by atoms with Gasteiger partial charge in [0.05, 0.1) is 19.6 Å². The molecule has 1 aromatic heterocycles. The Morgan fingerprint density at radius 2 is 1.31 bits per heavy atom. The molecule has 222 valence electrons. The summed E-state index contributed by atoms with van der Waals surface area (Å²) in [6.07, 6.45) is 1.92. The second kappa shape index (κ2) is 15.5. The van der Waals surface area contributed by atoms with Gasteiger partial charge in [-0.1, -0.05) is 48.5 Å². The van der Waals surface area contributed by atoms with Gasteiger partial charge in [0.2, 0.25) is 29.5 Å². The number of hydrogen-bond donors (Lipinski definition) is 8. The van der Waals surface area contributed by atoms with Gasteiger partial charge in [-0.15, -0.1) is 0 Å². The average molecular weight is 580 g/mol. The molecule has 3 aromatic rings. The van der Waals surface area contributed by atoms with Crippen molar-refractivity contribution in [2.24, 2.45) is 5.73 Å². The third kappa shape index (κ3) is 9.75. The van der Waals surface area contributed by atoms with Crippen molar-refractivity contribution in [3.05, 3.63) is 71.9 Å². The van der Waals surface area contributed by atoms with Crippen LogP contribution < -0.4 is 32.3 Å². The molecule has 0 aliphatic heterocycles. The minimum Gasteiger partial charge on any atom is -0.480 e. The second-order valence-electron chi connectivity index (χ2n) is 9.30. The smallest absolute Gasteiger partial charge is 0.322 e. The number of amides is 5. The van der Waals surface area contributed by atoms with Crippen molar-refractivity contribution in [3.8, 4) is 0 Å². The Bertz CT molecular complexity index is 1420. The minimum atomic E-state index is -1.25. The number of carbonyl (C=O) groups excluding carboxylic acids is 5. The largest absolute Gasteiger partial charge is 0.480 e. The standard InChI is InChI=1S/C28H33N7O7/c29-12-23(36)34-21(10-17-6-2-1-3-7-17)27(41)32-14-24(37)31-15-25(38)35-22(28(42)33-16-26(39)40)11-18-13-30-20-9-5-4-8-19(18)20/h1-9,13,21-22,30H,10-12,14-16,29H2,(H,31,37)(H,32,41)(H,33,42)(H,34,36)(H,35,38)(H,39,40)/t21-,22-/m0/s1. The molecule has 0 saturated heterocycles. The number of para-hydroxylation sites is 1. The maximum Gasteiger partial charge on any atom is 0.322 e. The molecule has 5 amide bonds. The number of hydrogen-bond acceptors (Lipinski definition) is 7. The lowest BCUT2D eigenvalue weighted by Crippen LogP contribution is -2.53. The van der Waals surface area contributed by atoms with Crippen molar-refractivity contribution < 1.29 is 33.9 Å². The summed E-state index contributed by atoms with van der Waals surface area (Å²) in [7, 11) is 0. The molecule has 0 spiro atoms. The van der Waals surface area contributed by atoms with E-state index in [1.54, 1.807) is 30.5 Å². The lowest BCUT2D eigenvalue weighted by atomic mass is 10.0. The first-order chi connectivity index (χ1) is 20.2. The SMILES string of the molecule is NCC(=O)N[C@@H](Cc1ccccc1)C(=O)NCC(=O)NCC(=O)N[C@@H](Cc1c[nH]c2ccccc12)C(=O)NCC(=O)O. The molecule has 0 bridgehead atoms.